The van der Waals surface area contributed by atoms with Crippen molar-refractivity contribution in [2.24, 2.45) is 5.92 Å². The molecule has 31 heavy (non-hydrogen) atoms. The largest absolute Gasteiger partial charge is 0.339 e. The van der Waals surface area contributed by atoms with Gasteiger partial charge in [-0.25, -0.2) is 4.98 Å². The molecule has 0 unspecified atom stereocenters. The maximum Gasteiger partial charge on any atom is 0.256 e. The maximum absolute atomic E-state index is 13.1. The highest BCUT2D eigenvalue weighted by Crippen LogP contribution is 2.24. The van der Waals surface area contributed by atoms with E-state index in [0.29, 0.717) is 48.6 Å². The molecule has 8 heteroatoms. The van der Waals surface area contributed by atoms with E-state index in [1.54, 1.807) is 58.9 Å². The molecule has 3 aromatic rings. The Morgan fingerprint density at radius 3 is 2.45 bits per heavy atom. The molecule has 0 bridgehead atoms. The van der Waals surface area contributed by atoms with Crippen molar-refractivity contribution in [1.29, 1.82) is 0 Å². The van der Waals surface area contributed by atoms with E-state index >= 15 is 0 Å². The summed E-state index contributed by atoms with van der Waals surface area (Å²) >= 11 is 1.44. The van der Waals surface area contributed by atoms with Crippen molar-refractivity contribution in [1.82, 2.24) is 9.88 Å². The second kappa shape index (κ2) is 9.53. The van der Waals surface area contributed by atoms with Crippen LogP contribution in [-0.2, 0) is 4.79 Å². The lowest BCUT2D eigenvalue weighted by atomic mass is 9.95. The van der Waals surface area contributed by atoms with Gasteiger partial charge in [0, 0.05) is 30.6 Å². The molecular weight excluding hydrogens is 412 g/mol. The van der Waals surface area contributed by atoms with Crippen LogP contribution >= 0.6 is 11.3 Å². The van der Waals surface area contributed by atoms with E-state index in [1.165, 1.54) is 11.3 Å². The first-order chi connectivity index (χ1) is 15.1. The number of anilines is 2. The summed E-state index contributed by atoms with van der Waals surface area (Å²) in [6, 6.07) is 14.1. The molecule has 1 fully saturated rings. The standard InChI is InChI=1S/C23H22N4O3S/c28-21(26-20-7-3-4-11-24-20)16-8-12-27(13-9-16)23(30)18-5-1-2-6-19(18)25-22(29)17-10-14-31-15-17/h1-7,10-11,14-16H,8-9,12-13H2,(H,25,29)(H,24,26,28). The molecule has 1 aliphatic heterocycles. The van der Waals surface area contributed by atoms with Crippen LogP contribution in [0, 0.1) is 5.92 Å². The molecule has 0 radical (unpaired) electrons. The second-order valence-corrected chi connectivity index (χ2v) is 8.06. The number of benzene rings is 1. The number of likely N-dealkylation sites (tertiary alicyclic amines) is 1. The minimum absolute atomic E-state index is 0.0748. The third-order valence-electron chi connectivity index (χ3n) is 5.26. The summed E-state index contributed by atoms with van der Waals surface area (Å²) in [6.07, 6.45) is 2.78. The number of carbonyl (C=O) groups excluding carboxylic acids is 3. The quantitative estimate of drug-likeness (QED) is 0.637. The first-order valence-corrected chi connectivity index (χ1v) is 11.0. The van der Waals surface area contributed by atoms with E-state index in [9.17, 15) is 14.4 Å². The minimum atomic E-state index is -0.244. The van der Waals surface area contributed by atoms with Crippen molar-refractivity contribution in [3.63, 3.8) is 0 Å². The fourth-order valence-electron chi connectivity index (χ4n) is 3.55. The molecule has 7 nitrogen and oxygen atoms in total. The molecular formula is C23H22N4O3S. The van der Waals surface area contributed by atoms with Crippen LogP contribution in [0.25, 0.3) is 0 Å². The topological polar surface area (TPSA) is 91.4 Å². The first-order valence-electron chi connectivity index (χ1n) is 10.1. The average Bonchev–Trinajstić information content (AvgIpc) is 3.35. The predicted molar refractivity (Wildman–Crippen MR) is 120 cm³/mol. The highest BCUT2D eigenvalue weighted by molar-refractivity contribution is 7.08. The molecule has 2 N–H and O–H groups in total. The Hall–Kier alpha value is -3.52. The van der Waals surface area contributed by atoms with Gasteiger partial charge in [0.25, 0.3) is 11.8 Å². The molecule has 0 atom stereocenters. The van der Waals surface area contributed by atoms with Gasteiger partial charge in [-0.15, -0.1) is 0 Å². The number of piperidine rings is 1. The summed E-state index contributed by atoms with van der Waals surface area (Å²) in [7, 11) is 0. The van der Waals surface area contributed by atoms with Crippen LogP contribution in [0.5, 0.6) is 0 Å². The molecule has 1 aromatic carbocycles. The number of rotatable bonds is 5. The van der Waals surface area contributed by atoms with Gasteiger partial charge in [0.05, 0.1) is 16.8 Å². The summed E-state index contributed by atoms with van der Waals surface area (Å²) in [6.45, 7) is 0.956. The SMILES string of the molecule is O=C(Nc1ccccc1C(=O)N1CCC(C(=O)Nc2ccccn2)CC1)c1ccsc1. The van der Waals surface area contributed by atoms with Gasteiger partial charge in [-0.1, -0.05) is 18.2 Å². The Labute approximate surface area is 184 Å². The Morgan fingerprint density at radius 1 is 0.968 bits per heavy atom. The van der Waals surface area contributed by atoms with Crippen LogP contribution in [-0.4, -0.2) is 40.7 Å². The number of carbonyl (C=O) groups is 3. The lowest BCUT2D eigenvalue weighted by Crippen LogP contribution is -2.41. The number of aromatic nitrogens is 1. The van der Waals surface area contributed by atoms with E-state index in [0.717, 1.165) is 0 Å². The van der Waals surface area contributed by atoms with E-state index in [4.69, 9.17) is 0 Å². The Bertz CT molecular complexity index is 1060. The van der Waals surface area contributed by atoms with Crippen molar-refractivity contribution < 1.29 is 14.4 Å². The Balaban J connectivity index is 1.38. The maximum atomic E-state index is 13.1. The number of para-hydroxylation sites is 1. The molecule has 0 spiro atoms. The van der Waals surface area contributed by atoms with Crippen molar-refractivity contribution in [3.05, 3.63) is 76.6 Å². The summed E-state index contributed by atoms with van der Waals surface area (Å²) in [4.78, 5) is 43.9. The Morgan fingerprint density at radius 2 is 1.74 bits per heavy atom. The van der Waals surface area contributed by atoms with Crippen molar-refractivity contribution in [3.8, 4) is 0 Å². The van der Waals surface area contributed by atoms with Crippen molar-refractivity contribution in [2.45, 2.75) is 12.8 Å². The van der Waals surface area contributed by atoms with Gasteiger partial charge in [0.15, 0.2) is 0 Å². The fourth-order valence-corrected chi connectivity index (χ4v) is 4.18. The Kier molecular flexibility index (Phi) is 6.37. The second-order valence-electron chi connectivity index (χ2n) is 7.28. The molecule has 4 rings (SSSR count). The highest BCUT2D eigenvalue weighted by atomic mass is 32.1. The van der Waals surface area contributed by atoms with E-state index in [-0.39, 0.29) is 23.6 Å². The zero-order chi connectivity index (χ0) is 21.6. The van der Waals surface area contributed by atoms with E-state index in [2.05, 4.69) is 15.6 Å². The van der Waals surface area contributed by atoms with Gasteiger partial charge in [-0.05, 0) is 48.6 Å². The number of hydrogen-bond donors (Lipinski definition) is 2. The predicted octanol–water partition coefficient (Wildman–Crippen LogP) is 3.89. The van der Waals surface area contributed by atoms with Gasteiger partial charge >= 0.3 is 0 Å². The number of thiophene rings is 1. The molecule has 3 heterocycles. The van der Waals surface area contributed by atoms with Crippen LogP contribution in [0.4, 0.5) is 11.5 Å². The third-order valence-corrected chi connectivity index (χ3v) is 5.94. The molecule has 0 saturated carbocycles. The lowest BCUT2D eigenvalue weighted by Gasteiger charge is -2.31. The summed E-state index contributed by atoms with van der Waals surface area (Å²) < 4.78 is 0. The minimum Gasteiger partial charge on any atom is -0.339 e. The van der Waals surface area contributed by atoms with Crippen molar-refractivity contribution in [2.75, 3.05) is 23.7 Å². The van der Waals surface area contributed by atoms with Gasteiger partial charge in [0.2, 0.25) is 5.91 Å². The smallest absolute Gasteiger partial charge is 0.256 e. The van der Waals surface area contributed by atoms with Gasteiger partial charge in [-0.2, -0.15) is 11.3 Å². The highest BCUT2D eigenvalue weighted by Gasteiger charge is 2.29. The average molecular weight is 435 g/mol. The lowest BCUT2D eigenvalue weighted by molar-refractivity contribution is -0.121. The number of amides is 3. The van der Waals surface area contributed by atoms with Crippen LogP contribution < -0.4 is 10.6 Å². The molecule has 3 amide bonds. The zero-order valence-electron chi connectivity index (χ0n) is 16.8. The summed E-state index contributed by atoms with van der Waals surface area (Å²) in [5, 5.41) is 9.27. The van der Waals surface area contributed by atoms with Crippen molar-refractivity contribution >= 4 is 40.6 Å². The molecule has 158 valence electrons. The molecule has 1 aliphatic rings. The first kappa shape index (κ1) is 20.7. The third kappa shape index (κ3) is 4.97. The normalized spacial score (nSPS) is 14.1. The van der Waals surface area contributed by atoms with E-state index in [1.807, 2.05) is 11.4 Å². The number of hydrogen-bond acceptors (Lipinski definition) is 5. The molecule has 1 saturated heterocycles. The zero-order valence-corrected chi connectivity index (χ0v) is 17.6. The number of nitrogens with zero attached hydrogens (tertiary/aromatic N) is 2. The van der Waals surface area contributed by atoms with Crippen LogP contribution in [0.3, 0.4) is 0 Å². The summed E-state index contributed by atoms with van der Waals surface area (Å²) in [5.74, 6) is -0.105. The summed E-state index contributed by atoms with van der Waals surface area (Å²) in [5.41, 5.74) is 1.49. The number of pyridine rings is 1. The van der Waals surface area contributed by atoms with Gasteiger partial charge in [0.1, 0.15) is 5.82 Å². The van der Waals surface area contributed by atoms with Gasteiger partial charge < -0.3 is 15.5 Å². The number of nitrogens with one attached hydrogen (secondary N) is 2. The molecule has 0 aliphatic carbocycles. The van der Waals surface area contributed by atoms with Crippen LogP contribution in [0.15, 0.2) is 65.5 Å². The molecule has 2 aromatic heterocycles. The van der Waals surface area contributed by atoms with E-state index < -0.39 is 0 Å². The fraction of sp³-hybridized carbons (Fsp3) is 0.217. The van der Waals surface area contributed by atoms with Gasteiger partial charge in [-0.3, -0.25) is 14.4 Å². The van der Waals surface area contributed by atoms with Crippen LogP contribution in [0.1, 0.15) is 33.6 Å². The monoisotopic (exact) mass is 434 g/mol. The van der Waals surface area contributed by atoms with Crippen LogP contribution in [0.2, 0.25) is 0 Å².